The molecule has 0 radical (unpaired) electrons. The van der Waals surface area contributed by atoms with Gasteiger partial charge in [0.2, 0.25) is 0 Å². The number of nitrogens with zero attached hydrogens (tertiary/aromatic N) is 1. The molecule has 0 saturated carbocycles. The Hall–Kier alpha value is -0.900. The van der Waals surface area contributed by atoms with Crippen molar-refractivity contribution < 1.29 is 0 Å². The minimum atomic E-state index is -0.0119. The molecule has 1 heterocycles. The predicted octanol–water partition coefficient (Wildman–Crippen LogP) is 3.35. The molecule has 0 saturated heterocycles. The summed E-state index contributed by atoms with van der Waals surface area (Å²) < 4.78 is 0. The third-order valence-electron chi connectivity index (χ3n) is 2.49. The van der Waals surface area contributed by atoms with Crippen LogP contribution in [0.3, 0.4) is 0 Å². The van der Waals surface area contributed by atoms with Crippen molar-refractivity contribution in [1.82, 2.24) is 4.98 Å². The first-order chi connectivity index (χ1) is 7.66. The number of hydrogen-bond donors (Lipinski definition) is 1. The Morgan fingerprint density at radius 1 is 1.50 bits per heavy atom. The SMILES string of the molecule is Cc1cc(C(N)Cc2nccs2)ccc1Cl. The zero-order valence-electron chi connectivity index (χ0n) is 8.98. The van der Waals surface area contributed by atoms with E-state index in [0.29, 0.717) is 0 Å². The summed E-state index contributed by atoms with van der Waals surface area (Å²) in [5.41, 5.74) is 8.30. The van der Waals surface area contributed by atoms with E-state index >= 15 is 0 Å². The molecular weight excluding hydrogens is 240 g/mol. The van der Waals surface area contributed by atoms with Gasteiger partial charge in [-0.15, -0.1) is 11.3 Å². The van der Waals surface area contributed by atoms with E-state index in [1.807, 2.05) is 30.5 Å². The largest absolute Gasteiger partial charge is 0.324 e. The molecule has 1 aromatic heterocycles. The molecule has 2 aromatic rings. The fourth-order valence-corrected chi connectivity index (χ4v) is 2.35. The quantitative estimate of drug-likeness (QED) is 0.910. The van der Waals surface area contributed by atoms with E-state index in [1.54, 1.807) is 17.5 Å². The third kappa shape index (κ3) is 2.61. The first-order valence-corrected chi connectivity index (χ1v) is 6.32. The molecule has 0 fully saturated rings. The molecular formula is C12H13ClN2S. The minimum absolute atomic E-state index is 0.0119. The van der Waals surface area contributed by atoms with Gasteiger partial charge in [-0.3, -0.25) is 0 Å². The number of nitrogens with two attached hydrogens (primary N) is 1. The molecule has 4 heteroatoms. The Morgan fingerprint density at radius 3 is 2.94 bits per heavy atom. The van der Waals surface area contributed by atoms with Crippen molar-refractivity contribution in [3.05, 3.63) is 50.9 Å². The topological polar surface area (TPSA) is 38.9 Å². The Balaban J connectivity index is 2.14. The van der Waals surface area contributed by atoms with Gasteiger partial charge in [0, 0.05) is 29.1 Å². The molecule has 0 spiro atoms. The monoisotopic (exact) mass is 252 g/mol. The number of aromatic nitrogens is 1. The van der Waals surface area contributed by atoms with Crippen LogP contribution in [0, 0.1) is 6.92 Å². The molecule has 2 nitrogen and oxygen atoms in total. The predicted molar refractivity (Wildman–Crippen MR) is 68.9 cm³/mol. The second-order valence-electron chi connectivity index (χ2n) is 3.75. The Morgan fingerprint density at radius 2 is 2.31 bits per heavy atom. The van der Waals surface area contributed by atoms with Gasteiger partial charge in [-0.05, 0) is 24.1 Å². The number of hydrogen-bond acceptors (Lipinski definition) is 3. The van der Waals surface area contributed by atoms with Crippen molar-refractivity contribution in [2.24, 2.45) is 5.73 Å². The Bertz CT molecular complexity index is 468. The number of thiazole rings is 1. The molecule has 0 aliphatic rings. The summed E-state index contributed by atoms with van der Waals surface area (Å²) in [5.74, 6) is 0. The van der Waals surface area contributed by atoms with Crippen LogP contribution >= 0.6 is 22.9 Å². The highest BCUT2D eigenvalue weighted by molar-refractivity contribution is 7.09. The molecule has 0 bridgehead atoms. The molecule has 1 aromatic carbocycles. The minimum Gasteiger partial charge on any atom is -0.324 e. The van der Waals surface area contributed by atoms with Gasteiger partial charge in [-0.2, -0.15) is 0 Å². The van der Waals surface area contributed by atoms with E-state index in [4.69, 9.17) is 17.3 Å². The summed E-state index contributed by atoms with van der Waals surface area (Å²) in [7, 11) is 0. The van der Waals surface area contributed by atoms with Crippen molar-refractivity contribution in [3.63, 3.8) is 0 Å². The lowest BCUT2D eigenvalue weighted by Gasteiger charge is -2.11. The van der Waals surface area contributed by atoms with E-state index in [0.717, 1.165) is 27.6 Å². The van der Waals surface area contributed by atoms with Crippen LogP contribution in [0.15, 0.2) is 29.8 Å². The molecule has 2 N–H and O–H groups in total. The lowest BCUT2D eigenvalue weighted by Crippen LogP contribution is -2.13. The molecule has 1 unspecified atom stereocenters. The average molecular weight is 253 g/mol. The van der Waals surface area contributed by atoms with Crippen molar-refractivity contribution in [2.45, 2.75) is 19.4 Å². The Labute approximate surface area is 104 Å². The lowest BCUT2D eigenvalue weighted by atomic mass is 10.0. The van der Waals surface area contributed by atoms with Gasteiger partial charge < -0.3 is 5.73 Å². The maximum Gasteiger partial charge on any atom is 0.0943 e. The van der Waals surface area contributed by atoms with Crippen LogP contribution in [0.4, 0.5) is 0 Å². The highest BCUT2D eigenvalue weighted by Gasteiger charge is 2.09. The molecule has 84 valence electrons. The number of halogens is 1. The molecule has 0 aliphatic heterocycles. The van der Waals surface area contributed by atoms with E-state index in [-0.39, 0.29) is 6.04 Å². The van der Waals surface area contributed by atoms with Crippen LogP contribution in [0.5, 0.6) is 0 Å². The first kappa shape index (κ1) is 11.6. The highest BCUT2D eigenvalue weighted by atomic mass is 35.5. The highest BCUT2D eigenvalue weighted by Crippen LogP contribution is 2.22. The van der Waals surface area contributed by atoms with Gasteiger partial charge in [0.05, 0.1) is 5.01 Å². The molecule has 2 rings (SSSR count). The van der Waals surface area contributed by atoms with Crippen LogP contribution in [0.25, 0.3) is 0 Å². The summed E-state index contributed by atoms with van der Waals surface area (Å²) in [4.78, 5) is 4.23. The second-order valence-corrected chi connectivity index (χ2v) is 5.13. The average Bonchev–Trinajstić information content (AvgIpc) is 2.74. The van der Waals surface area contributed by atoms with Crippen molar-refractivity contribution in [2.75, 3.05) is 0 Å². The number of aryl methyl sites for hydroxylation is 1. The fourth-order valence-electron chi connectivity index (χ4n) is 1.56. The fraction of sp³-hybridized carbons (Fsp3) is 0.250. The second kappa shape index (κ2) is 4.95. The van der Waals surface area contributed by atoms with Crippen LogP contribution in [-0.2, 0) is 6.42 Å². The third-order valence-corrected chi connectivity index (χ3v) is 3.71. The summed E-state index contributed by atoms with van der Waals surface area (Å²) in [6, 6.07) is 5.91. The number of benzene rings is 1. The standard InChI is InChI=1S/C12H13ClN2S/c1-8-6-9(2-3-10(8)13)11(14)7-12-15-4-5-16-12/h2-6,11H,7,14H2,1H3. The van der Waals surface area contributed by atoms with Crippen molar-refractivity contribution >= 4 is 22.9 Å². The van der Waals surface area contributed by atoms with Crippen molar-refractivity contribution in [3.8, 4) is 0 Å². The van der Waals surface area contributed by atoms with Crippen LogP contribution in [0.1, 0.15) is 22.2 Å². The summed E-state index contributed by atoms with van der Waals surface area (Å²) in [6.45, 7) is 1.99. The van der Waals surface area contributed by atoms with Gasteiger partial charge in [-0.1, -0.05) is 23.7 Å². The van der Waals surface area contributed by atoms with E-state index in [1.165, 1.54) is 0 Å². The van der Waals surface area contributed by atoms with Gasteiger partial charge in [0.25, 0.3) is 0 Å². The normalized spacial score (nSPS) is 12.7. The molecule has 0 amide bonds. The summed E-state index contributed by atoms with van der Waals surface area (Å²) in [5, 5.41) is 3.82. The maximum absolute atomic E-state index is 6.13. The van der Waals surface area contributed by atoms with E-state index in [9.17, 15) is 0 Å². The zero-order chi connectivity index (χ0) is 11.5. The smallest absolute Gasteiger partial charge is 0.0943 e. The van der Waals surface area contributed by atoms with E-state index in [2.05, 4.69) is 4.98 Å². The lowest BCUT2D eigenvalue weighted by molar-refractivity contribution is 0.717. The van der Waals surface area contributed by atoms with Gasteiger partial charge in [0.15, 0.2) is 0 Å². The van der Waals surface area contributed by atoms with Gasteiger partial charge >= 0.3 is 0 Å². The van der Waals surface area contributed by atoms with Gasteiger partial charge in [-0.25, -0.2) is 4.98 Å². The van der Waals surface area contributed by atoms with Crippen LogP contribution in [-0.4, -0.2) is 4.98 Å². The Kier molecular flexibility index (Phi) is 3.59. The molecule has 1 atom stereocenters. The first-order valence-electron chi connectivity index (χ1n) is 5.07. The maximum atomic E-state index is 6.13. The molecule has 16 heavy (non-hydrogen) atoms. The molecule has 0 aliphatic carbocycles. The van der Waals surface area contributed by atoms with Crippen LogP contribution < -0.4 is 5.73 Å². The zero-order valence-corrected chi connectivity index (χ0v) is 10.6. The summed E-state index contributed by atoms with van der Waals surface area (Å²) >= 11 is 7.61. The number of rotatable bonds is 3. The summed E-state index contributed by atoms with van der Waals surface area (Å²) in [6.07, 6.45) is 2.58. The van der Waals surface area contributed by atoms with Crippen LogP contribution in [0.2, 0.25) is 5.02 Å². The van der Waals surface area contributed by atoms with Gasteiger partial charge in [0.1, 0.15) is 0 Å². The van der Waals surface area contributed by atoms with Crippen molar-refractivity contribution in [1.29, 1.82) is 0 Å². The van der Waals surface area contributed by atoms with E-state index < -0.39 is 0 Å².